The first-order valence-corrected chi connectivity index (χ1v) is 9.54. The summed E-state index contributed by atoms with van der Waals surface area (Å²) in [6, 6.07) is 8.83. The third kappa shape index (κ3) is 5.42. The molecule has 0 bridgehead atoms. The monoisotopic (exact) mass is 348 g/mol. The largest absolute Gasteiger partial charge is 0.496 e. The van der Waals surface area contributed by atoms with Crippen LogP contribution in [0.4, 0.5) is 0 Å². The molecular weight excluding hydrogens is 316 g/mol. The number of ether oxygens (including phenoxy) is 3. The fourth-order valence-corrected chi connectivity index (χ4v) is 3.75. The van der Waals surface area contributed by atoms with E-state index in [1.54, 1.807) is 7.11 Å². The molecule has 0 N–H and O–H groups in total. The zero-order chi connectivity index (χ0) is 17.5. The van der Waals surface area contributed by atoms with E-state index in [-0.39, 0.29) is 0 Å². The highest BCUT2D eigenvalue weighted by Gasteiger charge is 2.23. The molecule has 5 heteroatoms. The molecule has 0 saturated carbocycles. The van der Waals surface area contributed by atoms with Gasteiger partial charge in [-0.05, 0) is 25.8 Å². The molecule has 5 nitrogen and oxygen atoms in total. The molecule has 2 aliphatic heterocycles. The molecule has 0 aliphatic carbocycles. The minimum atomic E-state index is 0.372. The van der Waals surface area contributed by atoms with Gasteiger partial charge in [0.2, 0.25) is 0 Å². The van der Waals surface area contributed by atoms with Gasteiger partial charge >= 0.3 is 0 Å². The molecule has 2 saturated heterocycles. The van der Waals surface area contributed by atoms with Crippen LogP contribution in [0.1, 0.15) is 25.3 Å². The van der Waals surface area contributed by atoms with E-state index in [1.807, 2.05) is 12.1 Å². The number of benzene rings is 1. The first-order chi connectivity index (χ1) is 12.3. The molecule has 1 aromatic carbocycles. The molecule has 0 amide bonds. The molecule has 2 heterocycles. The highest BCUT2D eigenvalue weighted by Crippen LogP contribution is 2.21. The average Bonchev–Trinajstić information content (AvgIpc) is 3.14. The van der Waals surface area contributed by atoms with Gasteiger partial charge in [0.25, 0.3) is 0 Å². The summed E-state index contributed by atoms with van der Waals surface area (Å²) in [5, 5.41) is 0. The number of para-hydroxylation sites is 1. The second kappa shape index (κ2) is 9.53. The van der Waals surface area contributed by atoms with Crippen molar-refractivity contribution in [1.29, 1.82) is 0 Å². The van der Waals surface area contributed by atoms with Crippen LogP contribution in [0.3, 0.4) is 0 Å². The highest BCUT2D eigenvalue weighted by molar-refractivity contribution is 5.33. The van der Waals surface area contributed by atoms with Gasteiger partial charge in [-0.3, -0.25) is 9.80 Å². The number of methoxy groups -OCH3 is 1. The van der Waals surface area contributed by atoms with Gasteiger partial charge in [0, 0.05) is 50.9 Å². The molecular formula is C20H32N2O3. The van der Waals surface area contributed by atoms with Gasteiger partial charge in [-0.2, -0.15) is 0 Å². The van der Waals surface area contributed by atoms with Crippen molar-refractivity contribution in [2.24, 2.45) is 0 Å². The maximum absolute atomic E-state index is 5.88. The molecule has 2 aliphatic rings. The average molecular weight is 348 g/mol. The van der Waals surface area contributed by atoms with E-state index in [0.717, 1.165) is 58.3 Å². The van der Waals surface area contributed by atoms with Crippen LogP contribution in [0.25, 0.3) is 0 Å². The molecule has 3 rings (SSSR count). The van der Waals surface area contributed by atoms with Crippen molar-refractivity contribution in [2.75, 3.05) is 53.1 Å². The van der Waals surface area contributed by atoms with Crippen LogP contribution in [0.5, 0.6) is 5.75 Å². The van der Waals surface area contributed by atoms with Gasteiger partial charge in [-0.15, -0.1) is 0 Å². The van der Waals surface area contributed by atoms with Crippen LogP contribution in [0.2, 0.25) is 0 Å². The van der Waals surface area contributed by atoms with Crippen LogP contribution >= 0.6 is 0 Å². The Morgan fingerprint density at radius 2 is 2.16 bits per heavy atom. The standard InChI is InChI=1S/C20H32N2O3/c1-17-16-24-13-11-22(17)10-9-21(15-19-7-5-12-25-19)14-18-6-3-4-8-20(18)23-2/h3-4,6,8,17,19H,5,7,9-16H2,1-2H3/t17-,19+/m1/s1. The van der Waals surface area contributed by atoms with Crippen molar-refractivity contribution < 1.29 is 14.2 Å². The van der Waals surface area contributed by atoms with Crippen molar-refractivity contribution in [3.8, 4) is 5.75 Å². The van der Waals surface area contributed by atoms with Crippen molar-refractivity contribution in [1.82, 2.24) is 9.80 Å². The first kappa shape index (κ1) is 18.6. The predicted octanol–water partition coefficient (Wildman–Crippen LogP) is 2.40. The SMILES string of the molecule is COc1ccccc1CN(CCN1CCOC[C@H]1C)C[C@@H]1CCCO1. The smallest absolute Gasteiger partial charge is 0.123 e. The maximum atomic E-state index is 5.88. The maximum Gasteiger partial charge on any atom is 0.123 e. The Labute approximate surface area is 151 Å². The zero-order valence-electron chi connectivity index (χ0n) is 15.7. The first-order valence-electron chi connectivity index (χ1n) is 9.54. The number of hydrogen-bond donors (Lipinski definition) is 0. The number of nitrogens with zero attached hydrogens (tertiary/aromatic N) is 2. The lowest BCUT2D eigenvalue weighted by Gasteiger charge is -2.35. The molecule has 25 heavy (non-hydrogen) atoms. The van der Waals surface area contributed by atoms with E-state index >= 15 is 0 Å². The Kier molecular flexibility index (Phi) is 7.11. The Morgan fingerprint density at radius 3 is 2.92 bits per heavy atom. The van der Waals surface area contributed by atoms with Gasteiger partial charge in [-0.25, -0.2) is 0 Å². The quantitative estimate of drug-likeness (QED) is 0.721. The molecule has 2 atom stereocenters. The fourth-order valence-electron chi connectivity index (χ4n) is 3.75. The zero-order valence-corrected chi connectivity index (χ0v) is 15.7. The lowest BCUT2D eigenvalue weighted by Crippen LogP contribution is -2.47. The Morgan fingerprint density at radius 1 is 1.28 bits per heavy atom. The molecule has 0 radical (unpaired) electrons. The summed E-state index contributed by atoms with van der Waals surface area (Å²) in [5.41, 5.74) is 1.25. The summed E-state index contributed by atoms with van der Waals surface area (Å²) in [6.07, 6.45) is 2.74. The van der Waals surface area contributed by atoms with Gasteiger partial charge in [-0.1, -0.05) is 18.2 Å². The number of morpholine rings is 1. The lowest BCUT2D eigenvalue weighted by atomic mass is 10.1. The van der Waals surface area contributed by atoms with Crippen molar-refractivity contribution in [3.63, 3.8) is 0 Å². The molecule has 0 spiro atoms. The Bertz CT molecular complexity index is 519. The Hall–Kier alpha value is -1.14. The molecule has 140 valence electrons. The second-order valence-corrected chi connectivity index (χ2v) is 7.14. The predicted molar refractivity (Wildman–Crippen MR) is 99.1 cm³/mol. The fraction of sp³-hybridized carbons (Fsp3) is 0.700. The minimum Gasteiger partial charge on any atom is -0.496 e. The normalized spacial score (nSPS) is 24.8. The van der Waals surface area contributed by atoms with E-state index in [0.29, 0.717) is 12.1 Å². The molecule has 0 aromatic heterocycles. The molecule has 2 fully saturated rings. The van der Waals surface area contributed by atoms with Crippen LogP contribution in [0.15, 0.2) is 24.3 Å². The van der Waals surface area contributed by atoms with Crippen molar-refractivity contribution in [2.45, 2.75) is 38.5 Å². The van der Waals surface area contributed by atoms with E-state index in [2.05, 4.69) is 28.9 Å². The lowest BCUT2D eigenvalue weighted by molar-refractivity contribution is -0.00723. The van der Waals surface area contributed by atoms with Crippen molar-refractivity contribution >= 4 is 0 Å². The summed E-state index contributed by atoms with van der Waals surface area (Å²) in [6.45, 7) is 9.91. The van der Waals surface area contributed by atoms with E-state index < -0.39 is 0 Å². The van der Waals surface area contributed by atoms with Crippen LogP contribution in [0, 0.1) is 0 Å². The summed E-state index contributed by atoms with van der Waals surface area (Å²) < 4.78 is 17.0. The van der Waals surface area contributed by atoms with Crippen molar-refractivity contribution in [3.05, 3.63) is 29.8 Å². The molecule has 1 aromatic rings. The summed E-state index contributed by atoms with van der Waals surface area (Å²) >= 11 is 0. The minimum absolute atomic E-state index is 0.372. The third-order valence-electron chi connectivity index (χ3n) is 5.28. The summed E-state index contributed by atoms with van der Waals surface area (Å²) in [7, 11) is 1.75. The second-order valence-electron chi connectivity index (χ2n) is 7.14. The van der Waals surface area contributed by atoms with Crippen LogP contribution in [-0.2, 0) is 16.0 Å². The highest BCUT2D eigenvalue weighted by atomic mass is 16.5. The van der Waals surface area contributed by atoms with Gasteiger partial charge in [0.05, 0.1) is 26.4 Å². The van der Waals surface area contributed by atoms with Gasteiger partial charge in [0.15, 0.2) is 0 Å². The molecule has 0 unspecified atom stereocenters. The van der Waals surface area contributed by atoms with Crippen LogP contribution < -0.4 is 4.74 Å². The number of hydrogen-bond acceptors (Lipinski definition) is 5. The van der Waals surface area contributed by atoms with Gasteiger partial charge in [0.1, 0.15) is 5.75 Å². The van der Waals surface area contributed by atoms with Crippen LogP contribution in [-0.4, -0.2) is 75.1 Å². The topological polar surface area (TPSA) is 34.2 Å². The van der Waals surface area contributed by atoms with E-state index in [1.165, 1.54) is 18.4 Å². The third-order valence-corrected chi connectivity index (χ3v) is 5.28. The van der Waals surface area contributed by atoms with E-state index in [9.17, 15) is 0 Å². The number of rotatable bonds is 8. The Balaban J connectivity index is 1.61. The van der Waals surface area contributed by atoms with Gasteiger partial charge < -0.3 is 14.2 Å². The summed E-state index contributed by atoms with van der Waals surface area (Å²) in [5.74, 6) is 0.972. The summed E-state index contributed by atoms with van der Waals surface area (Å²) in [4.78, 5) is 5.06. The van der Waals surface area contributed by atoms with E-state index in [4.69, 9.17) is 14.2 Å².